The number of ether oxygens (including phenoxy) is 1. The van der Waals surface area contributed by atoms with Crippen LogP contribution in [0.2, 0.25) is 0 Å². The van der Waals surface area contributed by atoms with Crippen LogP contribution in [-0.4, -0.2) is 50.0 Å². The zero-order valence-electron chi connectivity index (χ0n) is 9.08. The highest BCUT2D eigenvalue weighted by Crippen LogP contribution is 2.16. The number of likely N-dealkylation sites (tertiary alicyclic amines) is 1. The van der Waals surface area contributed by atoms with Crippen molar-refractivity contribution in [3.05, 3.63) is 0 Å². The molecule has 1 rings (SSSR count). The van der Waals surface area contributed by atoms with E-state index in [1.165, 1.54) is 0 Å². The number of piperidine rings is 1. The maximum Gasteiger partial charge on any atom is 0.128 e. The standard InChI is InChI=1S/C10H21FN2O/c1-3-8(7-14-2)13-5-4-10(12)9(11)6-13/h8-10H,3-7,12H2,1-2H3. The van der Waals surface area contributed by atoms with Gasteiger partial charge in [-0.25, -0.2) is 4.39 Å². The predicted octanol–water partition coefficient (Wildman–Crippen LogP) is 0.783. The van der Waals surface area contributed by atoms with Crippen molar-refractivity contribution in [1.29, 1.82) is 0 Å². The fourth-order valence-corrected chi connectivity index (χ4v) is 1.95. The van der Waals surface area contributed by atoms with Crippen molar-refractivity contribution in [2.24, 2.45) is 5.73 Å². The molecule has 2 N–H and O–H groups in total. The lowest BCUT2D eigenvalue weighted by molar-refractivity contribution is 0.0399. The average molecular weight is 204 g/mol. The second-order valence-corrected chi connectivity index (χ2v) is 3.98. The molecule has 0 radical (unpaired) electrons. The van der Waals surface area contributed by atoms with Gasteiger partial charge in [-0.1, -0.05) is 6.92 Å². The van der Waals surface area contributed by atoms with Crippen molar-refractivity contribution in [3.63, 3.8) is 0 Å². The first-order valence-corrected chi connectivity index (χ1v) is 5.31. The van der Waals surface area contributed by atoms with E-state index in [1.54, 1.807) is 7.11 Å². The van der Waals surface area contributed by atoms with E-state index in [9.17, 15) is 4.39 Å². The summed E-state index contributed by atoms with van der Waals surface area (Å²) in [7, 11) is 1.69. The Morgan fingerprint density at radius 3 is 2.86 bits per heavy atom. The maximum atomic E-state index is 13.4. The molecule has 0 amide bonds. The van der Waals surface area contributed by atoms with Gasteiger partial charge in [0, 0.05) is 32.3 Å². The van der Waals surface area contributed by atoms with E-state index in [-0.39, 0.29) is 6.04 Å². The van der Waals surface area contributed by atoms with Crippen LogP contribution in [0.15, 0.2) is 0 Å². The number of hydrogen-bond donors (Lipinski definition) is 1. The van der Waals surface area contributed by atoms with Crippen LogP contribution in [0.1, 0.15) is 19.8 Å². The van der Waals surface area contributed by atoms with Gasteiger partial charge in [0.05, 0.1) is 6.61 Å². The molecule has 84 valence electrons. The molecule has 0 spiro atoms. The summed E-state index contributed by atoms with van der Waals surface area (Å²) in [4.78, 5) is 2.15. The minimum absolute atomic E-state index is 0.272. The first kappa shape index (κ1) is 11.9. The van der Waals surface area contributed by atoms with Gasteiger partial charge in [-0.2, -0.15) is 0 Å². The number of methoxy groups -OCH3 is 1. The van der Waals surface area contributed by atoms with Gasteiger partial charge in [0.2, 0.25) is 0 Å². The highest BCUT2D eigenvalue weighted by atomic mass is 19.1. The zero-order valence-corrected chi connectivity index (χ0v) is 9.08. The van der Waals surface area contributed by atoms with Crippen molar-refractivity contribution in [1.82, 2.24) is 4.90 Å². The Hall–Kier alpha value is -0.190. The topological polar surface area (TPSA) is 38.5 Å². The van der Waals surface area contributed by atoms with E-state index in [0.717, 1.165) is 19.4 Å². The summed E-state index contributed by atoms with van der Waals surface area (Å²) in [5.41, 5.74) is 5.62. The molecular weight excluding hydrogens is 183 g/mol. The van der Waals surface area contributed by atoms with Crippen molar-refractivity contribution >= 4 is 0 Å². The lowest BCUT2D eigenvalue weighted by atomic mass is 10.0. The fourth-order valence-electron chi connectivity index (χ4n) is 1.95. The van der Waals surface area contributed by atoms with Gasteiger partial charge in [0.15, 0.2) is 0 Å². The number of hydrogen-bond acceptors (Lipinski definition) is 3. The van der Waals surface area contributed by atoms with E-state index < -0.39 is 6.17 Å². The smallest absolute Gasteiger partial charge is 0.128 e. The number of halogens is 1. The van der Waals surface area contributed by atoms with Gasteiger partial charge >= 0.3 is 0 Å². The largest absolute Gasteiger partial charge is 0.383 e. The van der Waals surface area contributed by atoms with Crippen molar-refractivity contribution in [2.45, 2.75) is 38.0 Å². The normalized spacial score (nSPS) is 31.7. The number of alkyl halides is 1. The van der Waals surface area contributed by atoms with Crippen LogP contribution in [0.25, 0.3) is 0 Å². The van der Waals surface area contributed by atoms with Crippen LogP contribution in [0.3, 0.4) is 0 Å². The molecule has 1 aliphatic heterocycles. The third-order valence-electron chi connectivity index (χ3n) is 2.97. The van der Waals surface area contributed by atoms with Crippen LogP contribution in [0, 0.1) is 0 Å². The Kier molecular flexibility index (Phi) is 4.78. The van der Waals surface area contributed by atoms with Gasteiger partial charge in [0.1, 0.15) is 6.17 Å². The molecule has 4 heteroatoms. The predicted molar refractivity (Wildman–Crippen MR) is 55.0 cm³/mol. The number of nitrogens with two attached hydrogens (primary N) is 1. The SMILES string of the molecule is CCC(COC)N1CCC(N)C(F)C1. The lowest BCUT2D eigenvalue weighted by Gasteiger charge is -2.37. The molecule has 0 aromatic rings. The summed E-state index contributed by atoms with van der Waals surface area (Å²) in [6.07, 6.45) is 0.867. The molecule has 1 fully saturated rings. The van der Waals surface area contributed by atoms with Gasteiger partial charge in [-0.05, 0) is 12.8 Å². The molecule has 1 aliphatic rings. The van der Waals surface area contributed by atoms with Crippen molar-refractivity contribution < 1.29 is 9.13 Å². The third-order valence-corrected chi connectivity index (χ3v) is 2.97. The van der Waals surface area contributed by atoms with Gasteiger partial charge in [-0.15, -0.1) is 0 Å². The van der Waals surface area contributed by atoms with E-state index in [2.05, 4.69) is 11.8 Å². The van der Waals surface area contributed by atoms with Crippen LogP contribution < -0.4 is 5.73 Å². The monoisotopic (exact) mass is 204 g/mol. The zero-order chi connectivity index (χ0) is 10.6. The van der Waals surface area contributed by atoms with E-state index >= 15 is 0 Å². The fraction of sp³-hybridized carbons (Fsp3) is 1.00. The quantitative estimate of drug-likeness (QED) is 0.735. The molecule has 0 saturated carbocycles. The minimum Gasteiger partial charge on any atom is -0.383 e. The van der Waals surface area contributed by atoms with Crippen molar-refractivity contribution in [3.8, 4) is 0 Å². The lowest BCUT2D eigenvalue weighted by Crippen LogP contribution is -2.52. The minimum atomic E-state index is -0.880. The summed E-state index contributed by atoms with van der Waals surface area (Å²) < 4.78 is 18.5. The molecule has 3 unspecified atom stereocenters. The third kappa shape index (κ3) is 2.90. The Morgan fingerprint density at radius 2 is 2.36 bits per heavy atom. The van der Waals surface area contributed by atoms with Crippen LogP contribution >= 0.6 is 0 Å². The van der Waals surface area contributed by atoms with Crippen LogP contribution in [0.5, 0.6) is 0 Å². The Labute approximate surface area is 85.4 Å². The van der Waals surface area contributed by atoms with Gasteiger partial charge in [-0.3, -0.25) is 4.90 Å². The first-order valence-electron chi connectivity index (χ1n) is 5.31. The van der Waals surface area contributed by atoms with E-state index in [1.807, 2.05) is 0 Å². The van der Waals surface area contributed by atoms with Crippen molar-refractivity contribution in [2.75, 3.05) is 26.8 Å². The molecule has 1 heterocycles. The molecule has 3 atom stereocenters. The highest BCUT2D eigenvalue weighted by molar-refractivity contribution is 4.85. The Morgan fingerprint density at radius 1 is 1.64 bits per heavy atom. The average Bonchev–Trinajstić information content (AvgIpc) is 2.19. The Balaban J connectivity index is 2.43. The molecular formula is C10H21FN2O. The van der Waals surface area contributed by atoms with Gasteiger partial charge in [0.25, 0.3) is 0 Å². The second-order valence-electron chi connectivity index (χ2n) is 3.98. The summed E-state index contributed by atoms with van der Waals surface area (Å²) in [5.74, 6) is 0. The van der Waals surface area contributed by atoms with Crippen LogP contribution in [0.4, 0.5) is 4.39 Å². The first-order chi connectivity index (χ1) is 6.69. The summed E-state index contributed by atoms with van der Waals surface area (Å²) in [6.45, 7) is 4.14. The molecule has 0 aliphatic carbocycles. The second kappa shape index (κ2) is 5.63. The summed E-state index contributed by atoms with van der Waals surface area (Å²) in [5, 5.41) is 0. The van der Waals surface area contributed by atoms with Gasteiger partial charge < -0.3 is 10.5 Å². The molecule has 1 saturated heterocycles. The van der Waals surface area contributed by atoms with Crippen LogP contribution in [-0.2, 0) is 4.74 Å². The molecule has 3 nitrogen and oxygen atoms in total. The van der Waals surface area contributed by atoms with E-state index in [0.29, 0.717) is 19.2 Å². The summed E-state index contributed by atoms with van der Waals surface area (Å²) in [6, 6.07) is 0.0667. The molecule has 0 bridgehead atoms. The Bertz CT molecular complexity index is 168. The molecule has 0 aromatic carbocycles. The maximum absolute atomic E-state index is 13.4. The highest BCUT2D eigenvalue weighted by Gasteiger charge is 2.29. The molecule has 14 heavy (non-hydrogen) atoms. The summed E-state index contributed by atoms with van der Waals surface area (Å²) >= 11 is 0. The number of nitrogens with zero attached hydrogens (tertiary/aromatic N) is 1. The number of rotatable bonds is 4. The van der Waals surface area contributed by atoms with E-state index in [4.69, 9.17) is 10.5 Å². The molecule has 0 aromatic heterocycles.